The maximum Gasteiger partial charge on any atom is 0.128 e. The fraction of sp³-hybridized carbons (Fsp3) is 0.538. The predicted molar refractivity (Wildman–Crippen MR) is 67.1 cm³/mol. The molecule has 4 heteroatoms. The highest BCUT2D eigenvalue weighted by Crippen LogP contribution is 2.20. The van der Waals surface area contributed by atoms with Gasteiger partial charge in [-0.25, -0.2) is 4.39 Å². The van der Waals surface area contributed by atoms with Gasteiger partial charge in [-0.1, -0.05) is 6.42 Å². The summed E-state index contributed by atoms with van der Waals surface area (Å²) in [6.07, 6.45) is 3.70. The fourth-order valence-electron chi connectivity index (χ4n) is 2.12. The highest BCUT2D eigenvalue weighted by Gasteiger charge is 2.12. The molecule has 0 radical (unpaired) electrons. The number of anilines is 1. The third-order valence-electron chi connectivity index (χ3n) is 3.07. The summed E-state index contributed by atoms with van der Waals surface area (Å²) >= 11 is 0. The summed E-state index contributed by atoms with van der Waals surface area (Å²) in [7, 11) is 1.54. The van der Waals surface area contributed by atoms with Crippen LogP contribution in [0.2, 0.25) is 0 Å². The molecule has 1 saturated heterocycles. The van der Waals surface area contributed by atoms with Crippen LogP contribution in [0.4, 0.5) is 10.1 Å². The van der Waals surface area contributed by atoms with Gasteiger partial charge in [-0.15, -0.1) is 0 Å². The molecular formula is C13H19FN2O. The molecule has 0 aromatic heterocycles. The zero-order chi connectivity index (χ0) is 12.1. The Labute approximate surface area is 101 Å². The smallest absolute Gasteiger partial charge is 0.128 e. The molecular weight excluding hydrogens is 219 g/mol. The Hall–Kier alpha value is -1.29. The van der Waals surface area contributed by atoms with E-state index in [0.29, 0.717) is 11.8 Å². The van der Waals surface area contributed by atoms with Crippen LogP contribution in [0, 0.1) is 5.82 Å². The Morgan fingerprint density at radius 2 is 2.29 bits per heavy atom. The molecule has 1 aromatic rings. The number of ether oxygens (including phenoxy) is 1. The zero-order valence-electron chi connectivity index (χ0n) is 10.1. The van der Waals surface area contributed by atoms with Gasteiger partial charge in [0.25, 0.3) is 0 Å². The van der Waals surface area contributed by atoms with Crippen LogP contribution in [0.3, 0.4) is 0 Å². The molecule has 94 valence electrons. The maximum absolute atomic E-state index is 13.2. The van der Waals surface area contributed by atoms with Crippen LogP contribution in [0.15, 0.2) is 18.2 Å². The summed E-state index contributed by atoms with van der Waals surface area (Å²) in [5.41, 5.74) is 0.772. The second kappa shape index (κ2) is 5.87. The first-order valence-electron chi connectivity index (χ1n) is 6.10. The minimum atomic E-state index is -0.275. The van der Waals surface area contributed by atoms with E-state index in [1.807, 2.05) is 6.07 Å². The topological polar surface area (TPSA) is 33.3 Å². The molecule has 2 N–H and O–H groups in total. The summed E-state index contributed by atoms with van der Waals surface area (Å²) in [5, 5.41) is 6.69. The van der Waals surface area contributed by atoms with Gasteiger partial charge in [0.2, 0.25) is 0 Å². The second-order valence-corrected chi connectivity index (χ2v) is 4.41. The molecule has 2 rings (SSSR count). The van der Waals surface area contributed by atoms with Crippen LogP contribution in [0.1, 0.15) is 19.3 Å². The van der Waals surface area contributed by atoms with Crippen molar-refractivity contribution in [2.24, 2.45) is 0 Å². The molecule has 1 heterocycles. The largest absolute Gasteiger partial charge is 0.497 e. The van der Waals surface area contributed by atoms with Crippen LogP contribution in [0.5, 0.6) is 5.75 Å². The fourth-order valence-corrected chi connectivity index (χ4v) is 2.12. The van der Waals surface area contributed by atoms with E-state index in [2.05, 4.69) is 10.6 Å². The Bertz CT molecular complexity index is 364. The molecule has 1 unspecified atom stereocenters. The van der Waals surface area contributed by atoms with E-state index in [0.717, 1.165) is 18.8 Å². The Morgan fingerprint density at radius 1 is 1.41 bits per heavy atom. The molecule has 0 aliphatic carbocycles. The van der Waals surface area contributed by atoms with Gasteiger partial charge in [0.05, 0.1) is 7.11 Å². The molecule has 1 fully saturated rings. The predicted octanol–water partition coefficient (Wildman–Crippen LogP) is 2.39. The second-order valence-electron chi connectivity index (χ2n) is 4.41. The standard InChI is InChI=1S/C13H19FN2O/c1-17-13-7-10(14)6-12(8-13)16-9-11-4-2-3-5-15-11/h6-8,11,15-16H,2-5,9H2,1H3. The number of halogens is 1. The lowest BCUT2D eigenvalue weighted by atomic mass is 10.1. The Balaban J connectivity index is 1.91. The first-order valence-corrected chi connectivity index (χ1v) is 6.10. The van der Waals surface area contributed by atoms with Crippen molar-refractivity contribution < 1.29 is 9.13 Å². The van der Waals surface area contributed by atoms with Crippen molar-refractivity contribution in [1.29, 1.82) is 0 Å². The van der Waals surface area contributed by atoms with Crippen LogP contribution >= 0.6 is 0 Å². The van der Waals surface area contributed by atoms with Gasteiger partial charge in [-0.2, -0.15) is 0 Å². The molecule has 1 atom stereocenters. The number of hydrogen-bond donors (Lipinski definition) is 2. The first-order chi connectivity index (χ1) is 8.28. The van der Waals surface area contributed by atoms with Crippen LogP contribution in [0.25, 0.3) is 0 Å². The van der Waals surface area contributed by atoms with Gasteiger partial charge < -0.3 is 15.4 Å². The van der Waals surface area contributed by atoms with Gasteiger partial charge in [0.15, 0.2) is 0 Å². The van der Waals surface area contributed by atoms with Crippen LogP contribution in [-0.4, -0.2) is 26.2 Å². The van der Waals surface area contributed by atoms with Gasteiger partial charge >= 0.3 is 0 Å². The lowest BCUT2D eigenvalue weighted by Crippen LogP contribution is -2.39. The van der Waals surface area contributed by atoms with E-state index in [4.69, 9.17) is 4.74 Å². The summed E-state index contributed by atoms with van der Waals surface area (Å²) in [6.45, 7) is 1.91. The van der Waals surface area contributed by atoms with Gasteiger partial charge in [0, 0.05) is 30.4 Å². The minimum Gasteiger partial charge on any atom is -0.497 e. The zero-order valence-corrected chi connectivity index (χ0v) is 10.1. The first kappa shape index (κ1) is 12.2. The molecule has 0 saturated carbocycles. The van der Waals surface area contributed by atoms with Crippen molar-refractivity contribution in [3.05, 3.63) is 24.0 Å². The number of rotatable bonds is 4. The number of piperidine rings is 1. The number of methoxy groups -OCH3 is 1. The summed E-state index contributed by atoms with van der Waals surface area (Å²) in [6, 6.07) is 5.17. The van der Waals surface area contributed by atoms with E-state index in [1.54, 1.807) is 7.11 Å². The molecule has 1 aliphatic heterocycles. The molecule has 17 heavy (non-hydrogen) atoms. The quantitative estimate of drug-likeness (QED) is 0.845. The van der Waals surface area contributed by atoms with Gasteiger partial charge in [-0.3, -0.25) is 0 Å². The SMILES string of the molecule is COc1cc(F)cc(NCC2CCCCN2)c1. The average Bonchev–Trinajstić information content (AvgIpc) is 2.37. The molecule has 0 spiro atoms. The van der Waals surface area contributed by atoms with Crippen molar-refractivity contribution >= 4 is 5.69 Å². The highest BCUT2D eigenvalue weighted by atomic mass is 19.1. The molecule has 1 aromatic carbocycles. The maximum atomic E-state index is 13.2. The van der Waals surface area contributed by atoms with Crippen LogP contribution in [-0.2, 0) is 0 Å². The lowest BCUT2D eigenvalue weighted by molar-refractivity contribution is 0.409. The van der Waals surface area contributed by atoms with E-state index >= 15 is 0 Å². The molecule has 0 bridgehead atoms. The monoisotopic (exact) mass is 238 g/mol. The summed E-state index contributed by atoms with van der Waals surface area (Å²) in [4.78, 5) is 0. The molecule has 0 amide bonds. The Morgan fingerprint density at radius 3 is 3.00 bits per heavy atom. The third-order valence-corrected chi connectivity index (χ3v) is 3.07. The van der Waals surface area contributed by atoms with E-state index in [-0.39, 0.29) is 5.82 Å². The third kappa shape index (κ3) is 3.60. The molecule has 3 nitrogen and oxygen atoms in total. The lowest BCUT2D eigenvalue weighted by Gasteiger charge is -2.24. The average molecular weight is 238 g/mol. The van der Waals surface area contributed by atoms with E-state index in [1.165, 1.54) is 31.4 Å². The van der Waals surface area contributed by atoms with Crippen LogP contribution < -0.4 is 15.4 Å². The van der Waals surface area contributed by atoms with Gasteiger partial charge in [-0.05, 0) is 25.5 Å². The van der Waals surface area contributed by atoms with Crippen molar-refractivity contribution in [2.45, 2.75) is 25.3 Å². The van der Waals surface area contributed by atoms with Crippen molar-refractivity contribution in [3.63, 3.8) is 0 Å². The van der Waals surface area contributed by atoms with Crippen molar-refractivity contribution in [2.75, 3.05) is 25.5 Å². The van der Waals surface area contributed by atoms with E-state index in [9.17, 15) is 4.39 Å². The summed E-state index contributed by atoms with van der Waals surface area (Å²) in [5.74, 6) is 0.271. The van der Waals surface area contributed by atoms with E-state index < -0.39 is 0 Å². The minimum absolute atomic E-state index is 0.275. The molecule has 1 aliphatic rings. The Kier molecular flexibility index (Phi) is 4.20. The summed E-state index contributed by atoms with van der Waals surface area (Å²) < 4.78 is 18.3. The van der Waals surface area contributed by atoms with Gasteiger partial charge in [0.1, 0.15) is 11.6 Å². The highest BCUT2D eigenvalue weighted by molar-refractivity contribution is 5.48. The number of nitrogens with one attached hydrogen (secondary N) is 2. The normalized spacial score (nSPS) is 20.0. The van der Waals surface area contributed by atoms with Crippen molar-refractivity contribution in [1.82, 2.24) is 5.32 Å². The van der Waals surface area contributed by atoms with Crippen molar-refractivity contribution in [3.8, 4) is 5.75 Å². The number of hydrogen-bond acceptors (Lipinski definition) is 3. The number of benzene rings is 1.